The van der Waals surface area contributed by atoms with Gasteiger partial charge in [0.25, 0.3) is 17.0 Å². The van der Waals surface area contributed by atoms with Gasteiger partial charge < -0.3 is 15.4 Å². The normalized spacial score (nSPS) is 18.9. The molecule has 0 bridgehead atoms. The summed E-state index contributed by atoms with van der Waals surface area (Å²) in [4.78, 5) is 39.4. The van der Waals surface area contributed by atoms with Crippen molar-refractivity contribution in [1.82, 2.24) is 29.4 Å². The van der Waals surface area contributed by atoms with E-state index in [4.69, 9.17) is 16.3 Å². The first kappa shape index (κ1) is 26.5. The SMILES string of the molecule is Cc1nccn(-c2ccc(-c3cc4cnc(NC5COC5)nc4n(CC4CCNCC4(F)F)c3=O)c(Cl)c2)c1=O. The number of nitrogens with zero attached hydrogens (tertiary/aromatic N) is 5. The molecular weight excluding hydrogens is 544 g/mol. The zero-order valence-corrected chi connectivity index (χ0v) is 22.3. The predicted molar refractivity (Wildman–Crippen MR) is 147 cm³/mol. The Morgan fingerprint density at radius 1 is 1.18 bits per heavy atom. The molecule has 2 saturated heterocycles. The minimum atomic E-state index is -2.99. The standard InChI is InChI=1S/C27H26ClF2N7O3/c1-15-24(38)36(7-6-32-15)19-2-3-20(22(28)9-19)21-8-16-10-33-26(34-18-12-40-13-18)35-23(16)37(25(21)39)11-17-4-5-31-14-27(17,29)30/h2-3,6-10,17-18,31H,4-5,11-14H2,1H3,(H,33,34,35). The van der Waals surface area contributed by atoms with Crippen LogP contribution in [0.2, 0.25) is 5.02 Å². The Morgan fingerprint density at radius 2 is 2.00 bits per heavy atom. The number of alkyl halides is 2. The summed E-state index contributed by atoms with van der Waals surface area (Å²) < 4.78 is 37.6. The highest BCUT2D eigenvalue weighted by molar-refractivity contribution is 6.33. The van der Waals surface area contributed by atoms with Gasteiger partial charge in [0.15, 0.2) is 0 Å². The maximum Gasteiger partial charge on any atom is 0.276 e. The van der Waals surface area contributed by atoms with Crippen LogP contribution in [0, 0.1) is 12.8 Å². The van der Waals surface area contributed by atoms with Crippen LogP contribution in [-0.4, -0.2) is 62.4 Å². The number of piperidine rings is 1. The number of pyridine rings is 1. The molecule has 13 heteroatoms. The summed E-state index contributed by atoms with van der Waals surface area (Å²) in [6, 6.07) is 6.55. The fraction of sp³-hybridized carbons (Fsp3) is 0.370. The third-order valence-corrected chi connectivity index (χ3v) is 7.67. The van der Waals surface area contributed by atoms with E-state index in [0.717, 1.165) is 0 Å². The molecule has 4 aromatic rings. The molecule has 10 nitrogen and oxygen atoms in total. The molecule has 1 unspecified atom stereocenters. The Hall–Kier alpha value is -3.74. The number of benzene rings is 1. The molecule has 2 fully saturated rings. The number of hydrogen-bond donors (Lipinski definition) is 2. The summed E-state index contributed by atoms with van der Waals surface area (Å²) in [5.74, 6) is -3.76. The number of ether oxygens (including phenoxy) is 1. The summed E-state index contributed by atoms with van der Waals surface area (Å²) in [5.41, 5.74) is 0.911. The van der Waals surface area contributed by atoms with Crippen molar-refractivity contribution in [1.29, 1.82) is 0 Å². The lowest BCUT2D eigenvalue weighted by atomic mass is 9.93. The summed E-state index contributed by atoms with van der Waals surface area (Å²) in [6.45, 7) is 2.39. The van der Waals surface area contributed by atoms with Crippen LogP contribution >= 0.6 is 11.6 Å². The van der Waals surface area contributed by atoms with Crippen molar-refractivity contribution in [2.75, 3.05) is 31.6 Å². The van der Waals surface area contributed by atoms with Crippen LogP contribution in [0.3, 0.4) is 0 Å². The number of rotatable bonds is 6. The second-order valence-electron chi connectivity index (χ2n) is 10.1. The van der Waals surface area contributed by atoms with Gasteiger partial charge in [0.2, 0.25) is 5.95 Å². The number of halogens is 3. The van der Waals surface area contributed by atoms with Crippen LogP contribution in [0.5, 0.6) is 0 Å². The van der Waals surface area contributed by atoms with E-state index in [9.17, 15) is 18.4 Å². The third kappa shape index (κ3) is 4.87. The molecule has 2 N–H and O–H groups in total. The lowest BCUT2D eigenvalue weighted by Gasteiger charge is -2.32. The van der Waals surface area contributed by atoms with E-state index in [1.165, 1.54) is 21.5 Å². The summed E-state index contributed by atoms with van der Waals surface area (Å²) in [5, 5.41) is 6.60. The first-order valence-electron chi connectivity index (χ1n) is 12.9. The van der Waals surface area contributed by atoms with E-state index in [1.807, 2.05) is 0 Å². The number of anilines is 1. The molecule has 208 valence electrons. The molecule has 3 aromatic heterocycles. The Labute approximate surface area is 232 Å². The van der Waals surface area contributed by atoms with Crippen molar-refractivity contribution in [2.45, 2.75) is 31.9 Å². The molecular formula is C27H26ClF2N7O3. The molecule has 1 atom stereocenters. The van der Waals surface area contributed by atoms with Gasteiger partial charge in [0, 0.05) is 47.6 Å². The highest BCUT2D eigenvalue weighted by atomic mass is 35.5. The van der Waals surface area contributed by atoms with Crippen LogP contribution in [0.15, 0.2) is 52.4 Å². The fourth-order valence-corrected chi connectivity index (χ4v) is 5.29. The second-order valence-corrected chi connectivity index (χ2v) is 10.5. The Bertz CT molecular complexity index is 1720. The Morgan fingerprint density at radius 3 is 2.73 bits per heavy atom. The van der Waals surface area contributed by atoms with Crippen molar-refractivity contribution in [2.24, 2.45) is 5.92 Å². The van der Waals surface area contributed by atoms with Crippen molar-refractivity contribution in [3.05, 3.63) is 74.3 Å². The molecule has 0 spiro atoms. The van der Waals surface area contributed by atoms with Gasteiger partial charge in [-0.3, -0.25) is 23.7 Å². The molecule has 0 radical (unpaired) electrons. The quantitative estimate of drug-likeness (QED) is 0.364. The summed E-state index contributed by atoms with van der Waals surface area (Å²) >= 11 is 6.66. The minimum Gasteiger partial charge on any atom is -0.377 e. The number of hydrogen-bond acceptors (Lipinski definition) is 8. The van der Waals surface area contributed by atoms with E-state index in [0.29, 0.717) is 48.0 Å². The molecule has 0 aliphatic carbocycles. The van der Waals surface area contributed by atoms with Gasteiger partial charge in [0.05, 0.1) is 36.5 Å². The molecule has 6 rings (SSSR count). The smallest absolute Gasteiger partial charge is 0.276 e. The topological polar surface area (TPSA) is 116 Å². The number of aryl methyl sites for hydroxylation is 1. The minimum absolute atomic E-state index is 0.0414. The van der Waals surface area contributed by atoms with Gasteiger partial charge in [-0.2, -0.15) is 4.98 Å². The zero-order valence-electron chi connectivity index (χ0n) is 21.5. The van der Waals surface area contributed by atoms with Gasteiger partial charge in [-0.05, 0) is 38.1 Å². The van der Waals surface area contributed by atoms with Crippen LogP contribution in [-0.2, 0) is 11.3 Å². The lowest BCUT2D eigenvalue weighted by Crippen LogP contribution is -2.48. The highest BCUT2D eigenvalue weighted by Crippen LogP contribution is 2.33. The van der Waals surface area contributed by atoms with E-state index >= 15 is 0 Å². The summed E-state index contributed by atoms with van der Waals surface area (Å²) in [6.07, 6.45) is 4.81. The van der Waals surface area contributed by atoms with E-state index in [1.54, 1.807) is 37.4 Å². The van der Waals surface area contributed by atoms with Crippen LogP contribution in [0.25, 0.3) is 27.8 Å². The van der Waals surface area contributed by atoms with Gasteiger partial charge >= 0.3 is 0 Å². The molecule has 1 aromatic carbocycles. The van der Waals surface area contributed by atoms with E-state index in [2.05, 4.69) is 25.6 Å². The zero-order chi connectivity index (χ0) is 28.0. The third-order valence-electron chi connectivity index (χ3n) is 7.36. The molecule has 2 aliphatic rings. The largest absolute Gasteiger partial charge is 0.377 e. The molecule has 0 amide bonds. The Balaban J connectivity index is 1.47. The van der Waals surface area contributed by atoms with Crippen molar-refractivity contribution in [3.63, 3.8) is 0 Å². The predicted octanol–water partition coefficient (Wildman–Crippen LogP) is 3.02. The second kappa shape index (κ2) is 10.3. The van der Waals surface area contributed by atoms with Crippen LogP contribution in [0.1, 0.15) is 12.1 Å². The molecule has 40 heavy (non-hydrogen) atoms. The van der Waals surface area contributed by atoms with Crippen molar-refractivity contribution in [3.8, 4) is 16.8 Å². The van der Waals surface area contributed by atoms with E-state index in [-0.39, 0.29) is 40.8 Å². The molecule has 5 heterocycles. The van der Waals surface area contributed by atoms with Crippen molar-refractivity contribution >= 4 is 28.6 Å². The van der Waals surface area contributed by atoms with Crippen molar-refractivity contribution < 1.29 is 13.5 Å². The Kier molecular flexibility index (Phi) is 6.85. The monoisotopic (exact) mass is 569 g/mol. The maximum absolute atomic E-state index is 14.9. The van der Waals surface area contributed by atoms with Gasteiger partial charge in [0.1, 0.15) is 11.3 Å². The van der Waals surface area contributed by atoms with E-state index < -0.39 is 23.9 Å². The number of fused-ring (bicyclic) bond motifs is 1. The number of nitrogens with one attached hydrogen (secondary N) is 2. The van der Waals surface area contributed by atoms with Crippen LogP contribution < -0.4 is 21.8 Å². The molecule has 0 saturated carbocycles. The number of aromatic nitrogens is 5. The first-order chi connectivity index (χ1) is 19.2. The van der Waals surface area contributed by atoms with Gasteiger partial charge in [-0.25, -0.2) is 13.8 Å². The molecule has 2 aliphatic heterocycles. The average molecular weight is 570 g/mol. The fourth-order valence-electron chi connectivity index (χ4n) is 5.01. The highest BCUT2D eigenvalue weighted by Gasteiger charge is 2.42. The first-order valence-corrected chi connectivity index (χ1v) is 13.3. The average Bonchev–Trinajstić information content (AvgIpc) is 2.90. The maximum atomic E-state index is 14.9. The summed E-state index contributed by atoms with van der Waals surface area (Å²) in [7, 11) is 0. The van der Waals surface area contributed by atoms with Gasteiger partial charge in [-0.15, -0.1) is 0 Å². The van der Waals surface area contributed by atoms with Crippen LogP contribution in [0.4, 0.5) is 14.7 Å². The lowest BCUT2D eigenvalue weighted by molar-refractivity contribution is -0.0787. The van der Waals surface area contributed by atoms with Gasteiger partial charge in [-0.1, -0.05) is 17.7 Å².